The highest BCUT2D eigenvalue weighted by molar-refractivity contribution is 9.09. The molecule has 1 aromatic rings. The summed E-state index contributed by atoms with van der Waals surface area (Å²) in [5.74, 6) is -2.02. The molecule has 1 heterocycles. The maximum absolute atomic E-state index is 12.8. The van der Waals surface area contributed by atoms with Gasteiger partial charge in [-0.3, -0.25) is 0 Å². The standard InChI is InChI=1S/C18H20BrClN2O6/c1-10-14(17(23)27-2)15(11-4-3-5-12(8-11)22(25)26)16(13(9-19)21-10)18(24)28-7-6-20/h3-5,8,15,21-22,25H,6-7,9H2,1-2H3. The first kappa shape index (κ1) is 22.4. The molecule has 8 nitrogen and oxygen atoms in total. The van der Waals surface area contributed by atoms with Crippen molar-refractivity contribution in [2.75, 3.05) is 24.9 Å². The van der Waals surface area contributed by atoms with Crippen molar-refractivity contribution in [1.29, 1.82) is 0 Å². The minimum atomic E-state index is -1.12. The van der Waals surface area contributed by atoms with Crippen LogP contribution in [-0.2, 0) is 19.1 Å². The Balaban J connectivity index is 2.69. The highest BCUT2D eigenvalue weighted by atomic mass is 79.9. The van der Waals surface area contributed by atoms with Gasteiger partial charge in [0.25, 0.3) is 0 Å². The van der Waals surface area contributed by atoms with E-state index in [4.69, 9.17) is 21.1 Å². The second-order valence-electron chi connectivity index (χ2n) is 5.87. The number of allylic oxidation sites excluding steroid dienone is 2. The Kier molecular flexibility index (Phi) is 8.02. The number of methoxy groups -OCH3 is 1. The minimum Gasteiger partial charge on any atom is -0.595 e. The third-order valence-corrected chi connectivity index (χ3v) is 4.90. The molecule has 28 heavy (non-hydrogen) atoms. The predicted octanol–water partition coefficient (Wildman–Crippen LogP) is 1.65. The number of benzene rings is 1. The first-order chi connectivity index (χ1) is 13.3. The topological polar surface area (TPSA) is 112 Å². The molecule has 2 rings (SSSR count). The van der Waals surface area contributed by atoms with E-state index < -0.39 is 23.1 Å². The maximum Gasteiger partial charge on any atom is 0.336 e. The molecule has 3 N–H and O–H groups in total. The Morgan fingerprint density at radius 1 is 1.36 bits per heavy atom. The van der Waals surface area contributed by atoms with E-state index in [0.717, 1.165) is 0 Å². The van der Waals surface area contributed by atoms with Gasteiger partial charge < -0.3 is 20.0 Å². The fourth-order valence-electron chi connectivity index (χ4n) is 3.02. The van der Waals surface area contributed by atoms with Gasteiger partial charge in [0.05, 0.1) is 30.1 Å². The number of hydrogen-bond acceptors (Lipinski definition) is 7. The largest absolute Gasteiger partial charge is 0.595 e. The molecule has 0 aliphatic carbocycles. The zero-order valence-corrected chi connectivity index (χ0v) is 17.6. The molecule has 1 aromatic carbocycles. The highest BCUT2D eigenvalue weighted by Gasteiger charge is 2.38. The summed E-state index contributed by atoms with van der Waals surface area (Å²) in [5, 5.41) is 22.9. The first-order valence-electron chi connectivity index (χ1n) is 8.27. The number of ether oxygens (including phenoxy) is 2. The lowest BCUT2D eigenvalue weighted by Gasteiger charge is -2.31. The monoisotopic (exact) mass is 474 g/mol. The molecule has 0 spiro atoms. The van der Waals surface area contributed by atoms with Crippen molar-refractivity contribution in [3.05, 3.63) is 57.6 Å². The second kappa shape index (κ2) is 10.0. The number of carbonyl (C=O) groups is 2. The van der Waals surface area contributed by atoms with Crippen LogP contribution in [0.2, 0.25) is 0 Å². The van der Waals surface area contributed by atoms with Crippen molar-refractivity contribution in [2.45, 2.75) is 12.8 Å². The normalized spacial score (nSPS) is 17.9. The number of halogens is 2. The lowest BCUT2D eigenvalue weighted by Crippen LogP contribution is -2.99. The molecular formula is C18H20BrClN2O6. The smallest absolute Gasteiger partial charge is 0.336 e. The quantitative estimate of drug-likeness (QED) is 0.312. The molecule has 2 unspecified atom stereocenters. The molecule has 152 valence electrons. The lowest BCUT2D eigenvalue weighted by atomic mass is 9.80. The zero-order chi connectivity index (χ0) is 20.8. The molecule has 0 saturated carbocycles. The van der Waals surface area contributed by atoms with Gasteiger partial charge >= 0.3 is 11.9 Å². The molecule has 0 saturated heterocycles. The van der Waals surface area contributed by atoms with Gasteiger partial charge in [-0.2, -0.15) is 5.23 Å². The van der Waals surface area contributed by atoms with Crippen LogP contribution in [-0.4, -0.2) is 42.1 Å². The molecule has 10 heteroatoms. The summed E-state index contributed by atoms with van der Waals surface area (Å²) in [4.78, 5) is 25.3. The van der Waals surface area contributed by atoms with E-state index in [2.05, 4.69) is 21.2 Å². The molecule has 0 radical (unpaired) electrons. The number of rotatable bonds is 7. The molecular weight excluding hydrogens is 456 g/mol. The van der Waals surface area contributed by atoms with Gasteiger partial charge in [-0.15, -0.1) is 11.6 Å². The van der Waals surface area contributed by atoms with E-state index >= 15 is 0 Å². The number of hydrogen-bond donors (Lipinski definition) is 3. The second-order valence-corrected chi connectivity index (χ2v) is 6.81. The van der Waals surface area contributed by atoms with Gasteiger partial charge in [0.15, 0.2) is 5.69 Å². The van der Waals surface area contributed by atoms with Gasteiger partial charge in [0, 0.05) is 28.9 Å². The molecule has 0 fully saturated rings. The Hall–Kier alpha value is -1.91. The summed E-state index contributed by atoms with van der Waals surface area (Å²) in [6.07, 6.45) is 0. The fraction of sp³-hybridized carbons (Fsp3) is 0.333. The maximum atomic E-state index is 12.8. The number of carbonyl (C=O) groups excluding carboxylic acids is 2. The minimum absolute atomic E-state index is 0.00239. The summed E-state index contributed by atoms with van der Waals surface area (Å²) >= 11 is 8.96. The van der Waals surface area contributed by atoms with Crippen LogP contribution in [0.4, 0.5) is 5.69 Å². The number of esters is 2. The average molecular weight is 476 g/mol. The van der Waals surface area contributed by atoms with Crippen molar-refractivity contribution >= 4 is 45.2 Å². The predicted molar refractivity (Wildman–Crippen MR) is 105 cm³/mol. The first-order valence-corrected chi connectivity index (χ1v) is 9.92. The molecule has 0 bridgehead atoms. The number of dihydropyridines is 1. The van der Waals surface area contributed by atoms with Crippen molar-refractivity contribution in [1.82, 2.24) is 5.32 Å². The molecule has 1 aliphatic heterocycles. The van der Waals surface area contributed by atoms with E-state index in [1.54, 1.807) is 19.1 Å². The van der Waals surface area contributed by atoms with Gasteiger partial charge in [-0.05, 0) is 12.5 Å². The summed E-state index contributed by atoms with van der Waals surface area (Å²) in [6, 6.07) is 6.07. The lowest BCUT2D eigenvalue weighted by molar-refractivity contribution is -0.991. The van der Waals surface area contributed by atoms with Crippen LogP contribution in [0, 0.1) is 5.21 Å². The third-order valence-electron chi connectivity index (χ3n) is 4.18. The summed E-state index contributed by atoms with van der Waals surface area (Å²) in [7, 11) is 1.24. The van der Waals surface area contributed by atoms with E-state index in [9.17, 15) is 20.0 Å². The Morgan fingerprint density at radius 3 is 2.64 bits per heavy atom. The van der Waals surface area contributed by atoms with Crippen LogP contribution in [0.15, 0.2) is 46.8 Å². The fourth-order valence-corrected chi connectivity index (χ4v) is 3.54. The van der Waals surface area contributed by atoms with Crippen LogP contribution in [0.5, 0.6) is 0 Å². The number of alkyl halides is 2. The van der Waals surface area contributed by atoms with Crippen LogP contribution in [0.1, 0.15) is 18.4 Å². The van der Waals surface area contributed by atoms with Crippen molar-refractivity contribution in [3.8, 4) is 0 Å². The van der Waals surface area contributed by atoms with Crippen molar-refractivity contribution < 1.29 is 29.5 Å². The molecule has 1 aliphatic rings. The molecule has 0 aromatic heterocycles. The van der Waals surface area contributed by atoms with Crippen LogP contribution >= 0.6 is 27.5 Å². The molecule has 2 atom stereocenters. The zero-order valence-electron chi connectivity index (χ0n) is 15.3. The highest BCUT2D eigenvalue weighted by Crippen LogP contribution is 2.40. The van der Waals surface area contributed by atoms with E-state index in [-0.39, 0.29) is 29.3 Å². The van der Waals surface area contributed by atoms with Gasteiger partial charge in [-0.1, -0.05) is 28.1 Å². The molecule has 0 amide bonds. The Morgan fingerprint density at radius 2 is 2.07 bits per heavy atom. The van der Waals surface area contributed by atoms with Crippen molar-refractivity contribution in [3.63, 3.8) is 0 Å². The van der Waals surface area contributed by atoms with E-state index in [1.807, 2.05) is 0 Å². The average Bonchev–Trinajstić information content (AvgIpc) is 2.70. The van der Waals surface area contributed by atoms with Gasteiger partial charge in [-0.25, -0.2) is 14.8 Å². The SMILES string of the molecule is COC(=O)C1=C(C)NC(CBr)=C(C(=O)OCCCl)C1c1cccc([NH+]([O-])O)c1. The number of quaternary nitrogens is 1. The third kappa shape index (κ3) is 4.73. The van der Waals surface area contributed by atoms with Crippen LogP contribution < -0.4 is 10.5 Å². The Bertz CT molecular complexity index is 824. The van der Waals surface area contributed by atoms with E-state index in [1.165, 1.54) is 19.2 Å². The van der Waals surface area contributed by atoms with Gasteiger partial charge in [0.2, 0.25) is 0 Å². The number of nitrogens with one attached hydrogen (secondary N) is 2. The van der Waals surface area contributed by atoms with E-state index in [0.29, 0.717) is 22.3 Å². The van der Waals surface area contributed by atoms with Crippen molar-refractivity contribution in [2.24, 2.45) is 0 Å². The summed E-state index contributed by atoms with van der Waals surface area (Å²) < 4.78 is 10.1. The Labute approximate surface area is 175 Å². The van der Waals surface area contributed by atoms with Crippen LogP contribution in [0.3, 0.4) is 0 Å². The van der Waals surface area contributed by atoms with Gasteiger partial charge in [0.1, 0.15) is 6.61 Å². The summed E-state index contributed by atoms with van der Waals surface area (Å²) in [5.41, 5.74) is 1.89. The van der Waals surface area contributed by atoms with Crippen LogP contribution in [0.25, 0.3) is 0 Å². The summed E-state index contributed by atoms with van der Waals surface area (Å²) in [6.45, 7) is 1.68.